The first-order valence-corrected chi connectivity index (χ1v) is 8.52. The molecule has 0 saturated heterocycles. The van der Waals surface area contributed by atoms with Crippen LogP contribution < -0.4 is 0 Å². The molecule has 0 fully saturated rings. The third-order valence-electron chi connectivity index (χ3n) is 3.44. The summed E-state index contributed by atoms with van der Waals surface area (Å²) in [6.45, 7) is 2.10. The zero-order valence-electron chi connectivity index (χ0n) is 12.4. The topological polar surface area (TPSA) is 25.8 Å². The quantitative estimate of drug-likeness (QED) is 0.470. The maximum Gasteiger partial charge on any atom is 0.161 e. The van der Waals surface area contributed by atoms with Crippen LogP contribution in [0, 0.1) is 6.92 Å². The molecule has 4 heteroatoms. The van der Waals surface area contributed by atoms with Gasteiger partial charge in [0.15, 0.2) is 5.82 Å². The largest absolute Gasteiger partial charge is 0.228 e. The van der Waals surface area contributed by atoms with E-state index < -0.39 is 0 Å². The second-order valence-electron chi connectivity index (χ2n) is 4.94. The van der Waals surface area contributed by atoms with Crippen molar-refractivity contribution in [3.05, 3.63) is 65.2 Å². The van der Waals surface area contributed by atoms with Gasteiger partial charge in [-0.05, 0) is 49.1 Å². The number of benzene rings is 2. The van der Waals surface area contributed by atoms with Gasteiger partial charge in [0, 0.05) is 16.1 Å². The second kappa shape index (κ2) is 6.51. The lowest BCUT2D eigenvalue weighted by molar-refractivity contribution is 1.06. The SMILES string of the molecule is CSc1cc(-c2ccccc2C)nc(-c2ccc(Cl)cc2)n1. The van der Waals surface area contributed by atoms with Crippen LogP contribution in [0.25, 0.3) is 22.6 Å². The number of hydrogen-bond acceptors (Lipinski definition) is 3. The molecule has 2 nitrogen and oxygen atoms in total. The van der Waals surface area contributed by atoms with Gasteiger partial charge in [0.05, 0.1) is 5.69 Å². The Morgan fingerprint density at radius 3 is 2.36 bits per heavy atom. The lowest BCUT2D eigenvalue weighted by Crippen LogP contribution is -1.95. The van der Waals surface area contributed by atoms with E-state index in [0.29, 0.717) is 5.02 Å². The summed E-state index contributed by atoms with van der Waals surface area (Å²) in [6.07, 6.45) is 2.02. The molecule has 0 radical (unpaired) electrons. The first-order valence-electron chi connectivity index (χ1n) is 6.92. The minimum atomic E-state index is 0.712. The van der Waals surface area contributed by atoms with Crippen LogP contribution in [0.15, 0.2) is 59.6 Å². The molecule has 0 amide bonds. The Morgan fingerprint density at radius 1 is 0.955 bits per heavy atom. The average molecular weight is 327 g/mol. The number of aryl methyl sites for hydroxylation is 1. The predicted molar refractivity (Wildman–Crippen MR) is 94.4 cm³/mol. The number of halogens is 1. The van der Waals surface area contributed by atoms with Gasteiger partial charge in [-0.15, -0.1) is 11.8 Å². The van der Waals surface area contributed by atoms with E-state index in [4.69, 9.17) is 16.6 Å². The molecule has 22 heavy (non-hydrogen) atoms. The summed E-state index contributed by atoms with van der Waals surface area (Å²) in [7, 11) is 0. The van der Waals surface area contributed by atoms with E-state index in [2.05, 4.69) is 24.0 Å². The zero-order chi connectivity index (χ0) is 15.5. The highest BCUT2D eigenvalue weighted by molar-refractivity contribution is 7.98. The van der Waals surface area contributed by atoms with Crippen LogP contribution >= 0.6 is 23.4 Å². The van der Waals surface area contributed by atoms with Gasteiger partial charge in [-0.1, -0.05) is 35.9 Å². The van der Waals surface area contributed by atoms with Crippen LogP contribution in [-0.2, 0) is 0 Å². The number of thioether (sulfide) groups is 1. The molecule has 0 spiro atoms. The fourth-order valence-electron chi connectivity index (χ4n) is 2.26. The Bertz CT molecular complexity index is 800. The standard InChI is InChI=1S/C18H15ClN2S/c1-12-5-3-4-6-15(12)16-11-17(22-2)21-18(20-16)13-7-9-14(19)10-8-13/h3-11H,1-2H3. The van der Waals surface area contributed by atoms with Crippen LogP contribution in [0.2, 0.25) is 5.02 Å². The first kappa shape index (κ1) is 15.1. The van der Waals surface area contributed by atoms with Gasteiger partial charge in [0.1, 0.15) is 5.03 Å². The molecule has 0 aliphatic heterocycles. The van der Waals surface area contributed by atoms with E-state index in [-0.39, 0.29) is 0 Å². The second-order valence-corrected chi connectivity index (χ2v) is 6.20. The minimum absolute atomic E-state index is 0.712. The number of nitrogens with zero attached hydrogens (tertiary/aromatic N) is 2. The number of rotatable bonds is 3. The van der Waals surface area contributed by atoms with Crippen LogP contribution in [0.5, 0.6) is 0 Å². The van der Waals surface area contributed by atoms with Crippen LogP contribution in [0.3, 0.4) is 0 Å². The van der Waals surface area contributed by atoms with Crippen molar-refractivity contribution < 1.29 is 0 Å². The molecule has 1 heterocycles. The summed E-state index contributed by atoms with van der Waals surface area (Å²) in [4.78, 5) is 9.36. The fourth-order valence-corrected chi connectivity index (χ4v) is 2.79. The summed E-state index contributed by atoms with van der Waals surface area (Å²) in [5.41, 5.74) is 4.25. The highest BCUT2D eigenvalue weighted by Crippen LogP contribution is 2.28. The van der Waals surface area contributed by atoms with Crippen molar-refractivity contribution in [2.24, 2.45) is 0 Å². The van der Waals surface area contributed by atoms with Crippen molar-refractivity contribution in [3.8, 4) is 22.6 Å². The van der Waals surface area contributed by atoms with Crippen molar-refractivity contribution >= 4 is 23.4 Å². The first-order chi connectivity index (χ1) is 10.7. The van der Waals surface area contributed by atoms with E-state index in [0.717, 1.165) is 27.7 Å². The molecular formula is C18H15ClN2S. The molecule has 0 aliphatic carbocycles. The Labute approximate surface area is 139 Å². The molecule has 3 aromatic rings. The van der Waals surface area contributed by atoms with Gasteiger partial charge in [-0.3, -0.25) is 0 Å². The fraction of sp³-hybridized carbons (Fsp3) is 0.111. The normalized spacial score (nSPS) is 10.7. The lowest BCUT2D eigenvalue weighted by atomic mass is 10.1. The van der Waals surface area contributed by atoms with Crippen LogP contribution in [0.1, 0.15) is 5.56 Å². The minimum Gasteiger partial charge on any atom is -0.228 e. The smallest absolute Gasteiger partial charge is 0.161 e. The Balaban J connectivity index is 2.15. The van der Waals surface area contributed by atoms with E-state index in [9.17, 15) is 0 Å². The van der Waals surface area contributed by atoms with Crippen LogP contribution in [0.4, 0.5) is 0 Å². The average Bonchev–Trinajstić information content (AvgIpc) is 2.55. The van der Waals surface area contributed by atoms with Crippen molar-refractivity contribution in [2.45, 2.75) is 11.9 Å². The number of aromatic nitrogens is 2. The Morgan fingerprint density at radius 2 is 1.68 bits per heavy atom. The van der Waals surface area contributed by atoms with Gasteiger partial charge >= 0.3 is 0 Å². The third-order valence-corrected chi connectivity index (χ3v) is 4.31. The van der Waals surface area contributed by atoms with Gasteiger partial charge in [0.25, 0.3) is 0 Å². The van der Waals surface area contributed by atoms with Gasteiger partial charge < -0.3 is 0 Å². The van der Waals surface area contributed by atoms with Gasteiger partial charge in [-0.25, -0.2) is 9.97 Å². The molecule has 0 saturated carbocycles. The summed E-state index contributed by atoms with van der Waals surface area (Å²) < 4.78 is 0. The molecule has 110 valence electrons. The lowest BCUT2D eigenvalue weighted by Gasteiger charge is -2.09. The molecule has 0 N–H and O–H groups in total. The molecule has 0 unspecified atom stereocenters. The van der Waals surface area contributed by atoms with E-state index in [1.165, 1.54) is 5.56 Å². The van der Waals surface area contributed by atoms with E-state index >= 15 is 0 Å². The van der Waals surface area contributed by atoms with E-state index in [1.54, 1.807) is 11.8 Å². The monoisotopic (exact) mass is 326 g/mol. The van der Waals surface area contributed by atoms with Crippen molar-refractivity contribution in [2.75, 3.05) is 6.26 Å². The van der Waals surface area contributed by atoms with Crippen molar-refractivity contribution in [3.63, 3.8) is 0 Å². The Hall–Kier alpha value is -1.84. The van der Waals surface area contributed by atoms with Gasteiger partial charge in [0.2, 0.25) is 0 Å². The molecular weight excluding hydrogens is 312 g/mol. The molecule has 3 rings (SSSR count). The van der Waals surface area contributed by atoms with Crippen molar-refractivity contribution in [1.82, 2.24) is 9.97 Å². The molecule has 0 bridgehead atoms. The zero-order valence-corrected chi connectivity index (χ0v) is 13.9. The highest BCUT2D eigenvalue weighted by atomic mass is 35.5. The summed E-state index contributed by atoms with van der Waals surface area (Å²) in [5.74, 6) is 0.724. The molecule has 0 aliphatic rings. The molecule has 1 aromatic heterocycles. The summed E-state index contributed by atoms with van der Waals surface area (Å²) >= 11 is 7.58. The molecule has 0 atom stereocenters. The maximum atomic E-state index is 5.96. The predicted octanol–water partition coefficient (Wildman–Crippen LogP) is 5.49. The summed E-state index contributed by atoms with van der Waals surface area (Å²) in [5, 5.41) is 1.67. The highest BCUT2D eigenvalue weighted by Gasteiger charge is 2.10. The van der Waals surface area contributed by atoms with Crippen LogP contribution in [-0.4, -0.2) is 16.2 Å². The van der Waals surface area contributed by atoms with Gasteiger partial charge in [-0.2, -0.15) is 0 Å². The maximum absolute atomic E-state index is 5.96. The molecule has 2 aromatic carbocycles. The van der Waals surface area contributed by atoms with Crippen molar-refractivity contribution in [1.29, 1.82) is 0 Å². The Kier molecular flexibility index (Phi) is 4.46. The number of hydrogen-bond donors (Lipinski definition) is 0. The summed E-state index contributed by atoms with van der Waals surface area (Å²) in [6, 6.07) is 17.9. The third kappa shape index (κ3) is 3.16. The van der Waals surface area contributed by atoms with E-state index in [1.807, 2.05) is 48.7 Å².